The number of hydrogen-bond acceptors (Lipinski definition) is 3. The summed E-state index contributed by atoms with van der Waals surface area (Å²) in [5, 5.41) is 4.66. The summed E-state index contributed by atoms with van der Waals surface area (Å²) in [5.41, 5.74) is 4.27. The third-order valence-corrected chi connectivity index (χ3v) is 5.94. The van der Waals surface area contributed by atoms with Gasteiger partial charge in [0.05, 0.1) is 12.6 Å². The fraction of sp³-hybridized carbons (Fsp3) is 0.333. The van der Waals surface area contributed by atoms with E-state index < -0.39 is 0 Å². The van der Waals surface area contributed by atoms with Crippen LogP contribution in [0, 0.1) is 19.7 Å². The maximum Gasteiger partial charge on any atom is 0.253 e. The van der Waals surface area contributed by atoms with Crippen molar-refractivity contribution in [2.24, 2.45) is 0 Å². The molecule has 1 fully saturated rings. The van der Waals surface area contributed by atoms with Gasteiger partial charge in [-0.05, 0) is 86.4 Å². The number of ether oxygens (including phenoxy) is 1. The summed E-state index contributed by atoms with van der Waals surface area (Å²) < 4.78 is 19.0. The van der Waals surface area contributed by atoms with Crippen LogP contribution in [-0.2, 0) is 11.3 Å². The fourth-order valence-corrected chi connectivity index (χ4v) is 4.29. The van der Waals surface area contributed by atoms with Crippen LogP contribution in [0.2, 0.25) is 0 Å². The first-order chi connectivity index (χ1) is 14.9. The van der Waals surface area contributed by atoms with Crippen LogP contribution < -0.4 is 10.9 Å². The molecule has 2 aromatic carbocycles. The van der Waals surface area contributed by atoms with E-state index in [4.69, 9.17) is 17.0 Å². The average molecular weight is 440 g/mol. The summed E-state index contributed by atoms with van der Waals surface area (Å²) in [6.07, 6.45) is 2.05. The molecule has 4 rings (SSSR count). The van der Waals surface area contributed by atoms with Crippen LogP contribution in [0.25, 0.3) is 10.9 Å². The van der Waals surface area contributed by atoms with Gasteiger partial charge in [0.1, 0.15) is 5.82 Å². The smallest absolute Gasteiger partial charge is 0.253 e. The first kappa shape index (κ1) is 21.5. The molecule has 5 nitrogen and oxygen atoms in total. The van der Waals surface area contributed by atoms with Gasteiger partial charge < -0.3 is 19.9 Å². The number of thiocarbonyl (C=S) groups is 1. The van der Waals surface area contributed by atoms with Crippen LogP contribution in [-0.4, -0.2) is 34.3 Å². The number of nitrogens with zero attached hydrogens (tertiary/aromatic N) is 1. The fourth-order valence-electron chi connectivity index (χ4n) is 4.03. The zero-order chi connectivity index (χ0) is 22.0. The van der Waals surface area contributed by atoms with E-state index in [2.05, 4.69) is 16.4 Å². The minimum absolute atomic E-state index is 0.0666. The van der Waals surface area contributed by atoms with Gasteiger partial charge in [-0.1, -0.05) is 6.07 Å². The van der Waals surface area contributed by atoms with E-state index in [9.17, 15) is 9.18 Å². The number of aromatic amines is 1. The lowest BCUT2D eigenvalue weighted by molar-refractivity contribution is 0.0904. The van der Waals surface area contributed by atoms with Crippen molar-refractivity contribution in [2.75, 3.05) is 18.5 Å². The van der Waals surface area contributed by atoms with Gasteiger partial charge in [0.25, 0.3) is 5.56 Å². The van der Waals surface area contributed by atoms with Crippen molar-refractivity contribution in [3.8, 4) is 0 Å². The minimum Gasteiger partial charge on any atom is -0.376 e. The van der Waals surface area contributed by atoms with Crippen LogP contribution in [0.15, 0.2) is 47.3 Å². The zero-order valence-corrected chi connectivity index (χ0v) is 18.5. The molecule has 162 valence electrons. The third kappa shape index (κ3) is 5.11. The quantitative estimate of drug-likeness (QED) is 0.566. The number of anilines is 1. The number of benzene rings is 2. The molecule has 0 aliphatic carbocycles. The molecule has 0 saturated carbocycles. The number of rotatable bonds is 5. The molecule has 7 heteroatoms. The Balaban J connectivity index is 1.62. The number of fused-ring (bicyclic) bond motifs is 1. The molecule has 0 unspecified atom stereocenters. The van der Waals surface area contributed by atoms with Crippen molar-refractivity contribution < 1.29 is 9.13 Å². The highest BCUT2D eigenvalue weighted by molar-refractivity contribution is 7.80. The van der Waals surface area contributed by atoms with Gasteiger partial charge in [0.2, 0.25) is 0 Å². The summed E-state index contributed by atoms with van der Waals surface area (Å²) in [6.45, 7) is 5.73. The van der Waals surface area contributed by atoms with E-state index in [0.29, 0.717) is 29.5 Å². The number of nitrogens with one attached hydrogen (secondary N) is 2. The van der Waals surface area contributed by atoms with Crippen molar-refractivity contribution in [2.45, 2.75) is 39.3 Å². The third-order valence-electron chi connectivity index (χ3n) is 5.58. The number of halogens is 1. The normalized spacial score (nSPS) is 15.9. The van der Waals surface area contributed by atoms with Crippen molar-refractivity contribution in [3.63, 3.8) is 0 Å². The van der Waals surface area contributed by atoms with Gasteiger partial charge in [-0.3, -0.25) is 4.79 Å². The van der Waals surface area contributed by atoms with Crippen LogP contribution in [0.5, 0.6) is 0 Å². The second-order valence-corrected chi connectivity index (χ2v) is 8.51. The summed E-state index contributed by atoms with van der Waals surface area (Å²) in [4.78, 5) is 17.8. The standard InChI is InChI=1S/C24H26FN3O2S/c1-15-10-16(2)21-12-17(23(29)27-22(21)11-15)13-28(14-20-4-3-9-30-20)24(31)26-19-7-5-18(25)6-8-19/h5-8,10-12,20H,3-4,9,13-14H2,1-2H3,(H,26,31)(H,27,29)/t20-/m0/s1. The number of H-pyrrole nitrogens is 1. The molecule has 0 spiro atoms. The van der Waals surface area contributed by atoms with Crippen molar-refractivity contribution in [1.29, 1.82) is 0 Å². The molecule has 1 aromatic heterocycles. The lowest BCUT2D eigenvalue weighted by Crippen LogP contribution is -2.40. The second kappa shape index (κ2) is 9.16. The van der Waals surface area contributed by atoms with E-state index in [1.807, 2.05) is 30.9 Å². The molecule has 1 saturated heterocycles. The molecule has 3 aromatic rings. The Bertz CT molecular complexity index is 1150. The molecule has 1 atom stereocenters. The SMILES string of the molecule is Cc1cc(C)c2cc(CN(C[C@@H]3CCCO3)C(=S)Nc3ccc(F)cc3)c(=O)[nH]c2c1. The topological polar surface area (TPSA) is 57.4 Å². The van der Waals surface area contributed by atoms with E-state index in [-0.39, 0.29) is 17.5 Å². The van der Waals surface area contributed by atoms with Crippen molar-refractivity contribution in [1.82, 2.24) is 9.88 Å². The Kier molecular flexibility index (Phi) is 6.34. The Morgan fingerprint density at radius 3 is 2.74 bits per heavy atom. The lowest BCUT2D eigenvalue weighted by atomic mass is 10.0. The summed E-state index contributed by atoms with van der Waals surface area (Å²) >= 11 is 5.66. The predicted octanol–water partition coefficient (Wildman–Crippen LogP) is 4.66. The molecular weight excluding hydrogens is 413 g/mol. The molecule has 0 bridgehead atoms. The van der Waals surface area contributed by atoms with E-state index in [1.54, 1.807) is 12.1 Å². The van der Waals surface area contributed by atoms with E-state index in [0.717, 1.165) is 41.5 Å². The lowest BCUT2D eigenvalue weighted by Gasteiger charge is -2.28. The first-order valence-electron chi connectivity index (χ1n) is 10.5. The Morgan fingerprint density at radius 2 is 2.03 bits per heavy atom. The average Bonchev–Trinajstić information content (AvgIpc) is 3.23. The van der Waals surface area contributed by atoms with Gasteiger partial charge in [-0.25, -0.2) is 4.39 Å². The number of hydrogen-bond donors (Lipinski definition) is 2. The molecule has 1 aliphatic rings. The Hall–Kier alpha value is -2.77. The maximum atomic E-state index is 13.2. The Morgan fingerprint density at radius 1 is 1.26 bits per heavy atom. The molecular formula is C24H26FN3O2S. The van der Waals surface area contributed by atoms with Crippen LogP contribution in [0.3, 0.4) is 0 Å². The van der Waals surface area contributed by atoms with Crippen LogP contribution in [0.4, 0.5) is 10.1 Å². The van der Waals surface area contributed by atoms with Gasteiger partial charge in [0.15, 0.2) is 5.11 Å². The first-order valence-corrected chi connectivity index (χ1v) is 10.9. The van der Waals surface area contributed by atoms with Gasteiger partial charge in [0, 0.05) is 35.3 Å². The molecule has 0 amide bonds. The highest BCUT2D eigenvalue weighted by atomic mass is 32.1. The maximum absolute atomic E-state index is 13.2. The van der Waals surface area contributed by atoms with Crippen LogP contribution in [0.1, 0.15) is 29.5 Å². The number of aryl methyl sites for hydroxylation is 2. The summed E-state index contributed by atoms with van der Waals surface area (Å²) in [6, 6.07) is 12.1. The number of pyridine rings is 1. The minimum atomic E-state index is -0.305. The van der Waals surface area contributed by atoms with Gasteiger partial charge in [-0.2, -0.15) is 0 Å². The second-order valence-electron chi connectivity index (χ2n) is 8.12. The van der Waals surface area contributed by atoms with E-state index in [1.165, 1.54) is 12.1 Å². The molecule has 2 N–H and O–H groups in total. The largest absolute Gasteiger partial charge is 0.376 e. The van der Waals surface area contributed by atoms with E-state index >= 15 is 0 Å². The van der Waals surface area contributed by atoms with Gasteiger partial charge in [-0.15, -0.1) is 0 Å². The van der Waals surface area contributed by atoms with Crippen molar-refractivity contribution in [3.05, 3.63) is 75.3 Å². The molecule has 2 heterocycles. The summed E-state index contributed by atoms with van der Waals surface area (Å²) in [7, 11) is 0. The Labute approximate surface area is 186 Å². The zero-order valence-electron chi connectivity index (χ0n) is 17.7. The van der Waals surface area contributed by atoms with Crippen molar-refractivity contribution >= 4 is 33.9 Å². The monoisotopic (exact) mass is 439 g/mol. The highest BCUT2D eigenvalue weighted by Gasteiger charge is 2.22. The number of aromatic nitrogens is 1. The molecule has 1 aliphatic heterocycles. The molecule has 31 heavy (non-hydrogen) atoms. The highest BCUT2D eigenvalue weighted by Crippen LogP contribution is 2.21. The van der Waals surface area contributed by atoms with Gasteiger partial charge >= 0.3 is 0 Å². The molecule has 0 radical (unpaired) electrons. The summed E-state index contributed by atoms with van der Waals surface area (Å²) in [5.74, 6) is -0.305. The predicted molar refractivity (Wildman–Crippen MR) is 126 cm³/mol. The van der Waals surface area contributed by atoms with Crippen LogP contribution >= 0.6 is 12.2 Å².